The molecule has 2 aromatic carbocycles. The van der Waals surface area contributed by atoms with E-state index in [4.69, 9.17) is 0 Å². The van der Waals surface area contributed by atoms with E-state index >= 15 is 0 Å². The van der Waals surface area contributed by atoms with E-state index < -0.39 is 11.6 Å². The molecule has 4 heteroatoms. The first-order chi connectivity index (χ1) is 12.3. The summed E-state index contributed by atoms with van der Waals surface area (Å²) in [6.07, 6.45) is 2.52. The molecule has 2 nitrogen and oxygen atoms in total. The van der Waals surface area contributed by atoms with Crippen LogP contribution in [0.3, 0.4) is 0 Å². The van der Waals surface area contributed by atoms with Crippen LogP contribution in [0.4, 0.5) is 8.78 Å². The Bertz CT molecular complexity index is 892. The molecule has 0 aliphatic heterocycles. The van der Waals surface area contributed by atoms with Gasteiger partial charge in [0.1, 0.15) is 17.3 Å². The van der Waals surface area contributed by atoms with Crippen LogP contribution < -0.4 is 0 Å². The molecule has 3 rings (SSSR count). The van der Waals surface area contributed by atoms with Gasteiger partial charge in [0, 0.05) is 24.6 Å². The fourth-order valence-electron chi connectivity index (χ4n) is 2.93. The number of aromatic nitrogens is 2. The maximum absolute atomic E-state index is 14.2. The molecule has 136 valence electrons. The number of benzene rings is 2. The molecule has 0 spiro atoms. The molecular weight excluding hydrogens is 330 g/mol. The van der Waals surface area contributed by atoms with E-state index in [-0.39, 0.29) is 17.0 Å². The lowest BCUT2D eigenvalue weighted by molar-refractivity contribution is 0.332. The van der Waals surface area contributed by atoms with E-state index in [1.165, 1.54) is 10.7 Å². The predicted octanol–water partition coefficient (Wildman–Crippen LogP) is 5.89. The maximum Gasteiger partial charge on any atom is 0.149 e. The van der Waals surface area contributed by atoms with Gasteiger partial charge in [-0.25, -0.2) is 13.5 Å². The number of hydrogen-bond donors (Lipinski definition) is 0. The van der Waals surface area contributed by atoms with Gasteiger partial charge in [0.2, 0.25) is 0 Å². The molecule has 0 fully saturated rings. The van der Waals surface area contributed by atoms with Gasteiger partial charge in [0.15, 0.2) is 0 Å². The average Bonchev–Trinajstić information content (AvgIpc) is 2.99. The van der Waals surface area contributed by atoms with Crippen molar-refractivity contribution in [1.82, 2.24) is 9.78 Å². The molecule has 0 N–H and O–H groups in total. The van der Waals surface area contributed by atoms with Gasteiger partial charge >= 0.3 is 0 Å². The van der Waals surface area contributed by atoms with Gasteiger partial charge in [0.05, 0.1) is 5.69 Å². The molecule has 0 saturated heterocycles. The Morgan fingerprint density at radius 1 is 1.04 bits per heavy atom. The topological polar surface area (TPSA) is 17.8 Å². The van der Waals surface area contributed by atoms with E-state index in [1.54, 1.807) is 0 Å². The third kappa shape index (κ3) is 3.85. The summed E-state index contributed by atoms with van der Waals surface area (Å²) < 4.78 is 29.3. The van der Waals surface area contributed by atoms with Crippen molar-refractivity contribution in [2.24, 2.45) is 5.41 Å². The first-order valence-electron chi connectivity index (χ1n) is 8.83. The average molecular weight is 354 g/mol. The number of halogens is 2. The van der Waals surface area contributed by atoms with E-state index in [0.717, 1.165) is 29.0 Å². The van der Waals surface area contributed by atoms with E-state index in [0.29, 0.717) is 6.42 Å². The molecule has 0 bridgehead atoms. The minimum absolute atomic E-state index is 0.00506. The number of rotatable bonds is 4. The molecule has 0 unspecified atom stereocenters. The Morgan fingerprint density at radius 2 is 1.73 bits per heavy atom. The zero-order chi connectivity index (χ0) is 18.9. The summed E-state index contributed by atoms with van der Waals surface area (Å²) in [6.45, 7) is 8.60. The van der Waals surface area contributed by atoms with Crippen LogP contribution in [0.15, 0.2) is 54.7 Å². The summed E-state index contributed by atoms with van der Waals surface area (Å²) in [7, 11) is 0. The Balaban J connectivity index is 2.09. The minimum atomic E-state index is -0.491. The predicted molar refractivity (Wildman–Crippen MR) is 101 cm³/mol. The monoisotopic (exact) mass is 354 g/mol. The van der Waals surface area contributed by atoms with Crippen LogP contribution in [-0.4, -0.2) is 9.78 Å². The van der Waals surface area contributed by atoms with Crippen LogP contribution in [0.25, 0.3) is 5.69 Å². The summed E-state index contributed by atoms with van der Waals surface area (Å²) >= 11 is 0. The molecule has 26 heavy (non-hydrogen) atoms. The lowest BCUT2D eigenvalue weighted by Crippen LogP contribution is -2.17. The van der Waals surface area contributed by atoms with Gasteiger partial charge in [0.25, 0.3) is 0 Å². The normalized spacial score (nSPS) is 13.0. The Labute approximate surface area is 153 Å². The summed E-state index contributed by atoms with van der Waals surface area (Å²) in [5, 5.41) is 4.65. The lowest BCUT2D eigenvalue weighted by Gasteiger charge is -2.26. The van der Waals surface area contributed by atoms with Crippen molar-refractivity contribution in [2.75, 3.05) is 0 Å². The molecule has 0 radical (unpaired) electrons. The maximum atomic E-state index is 14.2. The summed E-state index contributed by atoms with van der Waals surface area (Å²) in [4.78, 5) is 0. The van der Waals surface area contributed by atoms with Crippen LogP contribution in [0.2, 0.25) is 0 Å². The van der Waals surface area contributed by atoms with Crippen LogP contribution in [0.1, 0.15) is 50.4 Å². The molecule has 0 aliphatic rings. The lowest BCUT2D eigenvalue weighted by atomic mass is 9.78. The van der Waals surface area contributed by atoms with Gasteiger partial charge in [-0.05, 0) is 28.7 Å². The Kier molecular flexibility index (Phi) is 4.94. The van der Waals surface area contributed by atoms with E-state index in [9.17, 15) is 8.78 Å². The van der Waals surface area contributed by atoms with Crippen molar-refractivity contribution in [3.63, 3.8) is 0 Å². The van der Waals surface area contributed by atoms with Crippen LogP contribution >= 0.6 is 0 Å². The molecule has 3 aromatic rings. The third-order valence-corrected chi connectivity index (χ3v) is 4.92. The van der Waals surface area contributed by atoms with Crippen LogP contribution in [-0.2, 0) is 6.42 Å². The fraction of sp³-hybridized carbons (Fsp3) is 0.318. The summed E-state index contributed by atoms with van der Waals surface area (Å²) in [6, 6.07) is 13.5. The Hall–Kier alpha value is -2.49. The standard InChI is InChI=1S/C22H24F2N2/c1-15(22(2,3)4)21-17(12-16-8-6-5-7-9-16)14-26(25-21)20-13-18(23)10-11-19(20)24/h5-11,13-15H,12H2,1-4H3/t15-/m0/s1. The van der Waals surface area contributed by atoms with Crippen molar-refractivity contribution < 1.29 is 8.78 Å². The number of nitrogens with zero attached hydrogens (tertiary/aromatic N) is 2. The number of hydrogen-bond acceptors (Lipinski definition) is 1. The molecular formula is C22H24F2N2. The van der Waals surface area contributed by atoms with Gasteiger partial charge < -0.3 is 0 Å². The van der Waals surface area contributed by atoms with Gasteiger partial charge in [-0.15, -0.1) is 0 Å². The van der Waals surface area contributed by atoms with Crippen molar-refractivity contribution >= 4 is 0 Å². The van der Waals surface area contributed by atoms with Gasteiger partial charge in [-0.3, -0.25) is 0 Å². The van der Waals surface area contributed by atoms with Crippen LogP contribution in [0, 0.1) is 17.0 Å². The first-order valence-corrected chi connectivity index (χ1v) is 8.83. The zero-order valence-corrected chi connectivity index (χ0v) is 15.6. The van der Waals surface area contributed by atoms with Crippen molar-refractivity contribution in [1.29, 1.82) is 0 Å². The molecule has 1 atom stereocenters. The minimum Gasteiger partial charge on any atom is -0.237 e. The third-order valence-electron chi connectivity index (χ3n) is 4.92. The smallest absolute Gasteiger partial charge is 0.149 e. The largest absolute Gasteiger partial charge is 0.237 e. The van der Waals surface area contributed by atoms with Gasteiger partial charge in [-0.1, -0.05) is 58.0 Å². The highest BCUT2D eigenvalue weighted by molar-refractivity contribution is 5.37. The second-order valence-corrected chi connectivity index (χ2v) is 7.83. The van der Waals surface area contributed by atoms with Crippen molar-refractivity contribution in [2.45, 2.75) is 40.0 Å². The van der Waals surface area contributed by atoms with E-state index in [2.05, 4.69) is 44.9 Å². The Morgan fingerprint density at radius 3 is 2.38 bits per heavy atom. The molecule has 1 heterocycles. The summed E-state index contributed by atoms with van der Waals surface area (Å²) in [5.41, 5.74) is 3.25. The first kappa shape index (κ1) is 18.3. The SMILES string of the molecule is C[C@@H](c1nn(-c2cc(F)ccc2F)cc1Cc1ccccc1)C(C)(C)C. The highest BCUT2D eigenvalue weighted by Crippen LogP contribution is 2.36. The molecule has 0 amide bonds. The highest BCUT2D eigenvalue weighted by Gasteiger charge is 2.27. The van der Waals surface area contributed by atoms with Crippen molar-refractivity contribution in [3.05, 3.63) is 83.2 Å². The van der Waals surface area contributed by atoms with Gasteiger partial charge in [-0.2, -0.15) is 5.10 Å². The fourth-order valence-corrected chi connectivity index (χ4v) is 2.93. The highest BCUT2D eigenvalue weighted by atomic mass is 19.1. The molecule has 0 aliphatic carbocycles. The quantitative estimate of drug-likeness (QED) is 0.571. The molecule has 0 saturated carbocycles. The van der Waals surface area contributed by atoms with Crippen molar-refractivity contribution in [3.8, 4) is 5.69 Å². The second-order valence-electron chi connectivity index (χ2n) is 7.83. The summed E-state index contributed by atoms with van der Waals surface area (Å²) in [5.74, 6) is -0.805. The van der Waals surface area contributed by atoms with Crippen LogP contribution in [0.5, 0.6) is 0 Å². The van der Waals surface area contributed by atoms with E-state index in [1.807, 2.05) is 24.4 Å². The molecule has 1 aromatic heterocycles. The second kappa shape index (κ2) is 7.02. The zero-order valence-electron chi connectivity index (χ0n) is 15.6.